The summed E-state index contributed by atoms with van der Waals surface area (Å²) in [7, 11) is 5.64. The van der Waals surface area contributed by atoms with Crippen molar-refractivity contribution in [2.24, 2.45) is 0 Å². The van der Waals surface area contributed by atoms with Gasteiger partial charge in [0.25, 0.3) is 0 Å². The number of likely N-dealkylation sites (N-methyl/N-ethyl adjacent to an activating group) is 2. The summed E-state index contributed by atoms with van der Waals surface area (Å²) in [4.78, 5) is 13.5. The Morgan fingerprint density at radius 3 is 2.89 bits per heavy atom. The SMILES string of the molecule is C=CC(=O)Nc1ccc(OC)cc1N(C)CC[NH2+]C. The molecule has 5 heteroatoms. The maximum Gasteiger partial charge on any atom is 0.247 e. The Bertz CT molecular complexity index is 446. The second-order valence-corrected chi connectivity index (χ2v) is 4.19. The molecule has 19 heavy (non-hydrogen) atoms. The highest BCUT2D eigenvalue weighted by molar-refractivity contribution is 6.01. The van der Waals surface area contributed by atoms with Gasteiger partial charge in [0.15, 0.2) is 0 Å². The van der Waals surface area contributed by atoms with Crippen LogP contribution in [-0.2, 0) is 4.79 Å². The number of nitrogens with zero attached hydrogens (tertiary/aromatic N) is 1. The average Bonchev–Trinajstić information content (AvgIpc) is 2.44. The van der Waals surface area contributed by atoms with Crippen LogP contribution in [0.2, 0.25) is 0 Å². The molecule has 104 valence electrons. The van der Waals surface area contributed by atoms with Gasteiger partial charge in [0.2, 0.25) is 5.91 Å². The molecule has 0 unspecified atom stereocenters. The van der Waals surface area contributed by atoms with E-state index in [9.17, 15) is 4.79 Å². The molecular formula is C14H22N3O2+. The number of nitrogens with two attached hydrogens (primary N) is 1. The Labute approximate surface area is 114 Å². The first-order chi connectivity index (χ1) is 9.12. The van der Waals surface area contributed by atoms with E-state index in [1.54, 1.807) is 7.11 Å². The molecule has 0 radical (unpaired) electrons. The molecule has 5 nitrogen and oxygen atoms in total. The highest BCUT2D eigenvalue weighted by Gasteiger charge is 2.11. The topological polar surface area (TPSA) is 58.2 Å². The monoisotopic (exact) mass is 264 g/mol. The van der Waals surface area contributed by atoms with Crippen LogP contribution in [0.25, 0.3) is 0 Å². The lowest BCUT2D eigenvalue weighted by Gasteiger charge is -2.22. The third kappa shape index (κ3) is 4.30. The first-order valence-electron chi connectivity index (χ1n) is 6.22. The van der Waals surface area contributed by atoms with Crippen LogP contribution < -0.4 is 20.3 Å². The van der Waals surface area contributed by atoms with Crippen LogP contribution in [0.15, 0.2) is 30.9 Å². The normalized spacial score (nSPS) is 9.84. The van der Waals surface area contributed by atoms with Gasteiger partial charge in [-0.15, -0.1) is 0 Å². The second kappa shape index (κ2) is 7.43. The smallest absolute Gasteiger partial charge is 0.247 e. The fourth-order valence-corrected chi connectivity index (χ4v) is 1.69. The van der Waals surface area contributed by atoms with E-state index in [-0.39, 0.29) is 5.91 Å². The van der Waals surface area contributed by atoms with E-state index in [0.29, 0.717) is 0 Å². The van der Waals surface area contributed by atoms with Crippen LogP contribution >= 0.6 is 0 Å². The third-order valence-corrected chi connectivity index (χ3v) is 2.81. The maximum atomic E-state index is 11.4. The van der Waals surface area contributed by atoms with E-state index >= 15 is 0 Å². The lowest BCUT2D eigenvalue weighted by atomic mass is 10.2. The van der Waals surface area contributed by atoms with Crippen molar-refractivity contribution in [2.75, 3.05) is 44.5 Å². The van der Waals surface area contributed by atoms with Crippen molar-refractivity contribution in [3.63, 3.8) is 0 Å². The molecule has 0 fully saturated rings. The maximum absolute atomic E-state index is 11.4. The summed E-state index contributed by atoms with van der Waals surface area (Å²) >= 11 is 0. The van der Waals surface area contributed by atoms with E-state index in [0.717, 1.165) is 30.2 Å². The number of amides is 1. The number of hydrogen-bond donors (Lipinski definition) is 2. The minimum absolute atomic E-state index is 0.220. The van der Waals surface area contributed by atoms with Crippen molar-refractivity contribution in [1.82, 2.24) is 0 Å². The van der Waals surface area contributed by atoms with E-state index in [1.807, 2.05) is 32.3 Å². The Balaban J connectivity index is 3.00. The summed E-state index contributed by atoms with van der Waals surface area (Å²) < 4.78 is 5.23. The molecule has 1 aromatic carbocycles. The zero-order valence-electron chi connectivity index (χ0n) is 11.8. The second-order valence-electron chi connectivity index (χ2n) is 4.19. The van der Waals surface area contributed by atoms with E-state index < -0.39 is 0 Å². The zero-order chi connectivity index (χ0) is 14.3. The number of carbonyl (C=O) groups is 1. The van der Waals surface area contributed by atoms with Gasteiger partial charge in [-0.05, 0) is 18.2 Å². The van der Waals surface area contributed by atoms with Gasteiger partial charge in [-0.25, -0.2) is 0 Å². The number of benzene rings is 1. The van der Waals surface area contributed by atoms with Crippen molar-refractivity contribution >= 4 is 17.3 Å². The molecule has 0 aliphatic heterocycles. The van der Waals surface area contributed by atoms with Crippen LogP contribution in [0.1, 0.15) is 0 Å². The average molecular weight is 264 g/mol. The Kier molecular flexibility index (Phi) is 5.89. The molecule has 0 saturated carbocycles. The fraction of sp³-hybridized carbons (Fsp3) is 0.357. The van der Waals surface area contributed by atoms with Crippen LogP contribution in [0.4, 0.5) is 11.4 Å². The zero-order valence-corrected chi connectivity index (χ0v) is 11.8. The molecular weight excluding hydrogens is 242 g/mol. The number of carbonyl (C=O) groups excluding carboxylic acids is 1. The van der Waals surface area contributed by atoms with Gasteiger partial charge in [0.1, 0.15) is 5.75 Å². The number of methoxy groups -OCH3 is 1. The summed E-state index contributed by atoms with van der Waals surface area (Å²) in [6, 6.07) is 5.57. The van der Waals surface area contributed by atoms with Gasteiger partial charge in [0.05, 0.1) is 38.6 Å². The Hall–Kier alpha value is -2.01. The molecule has 1 rings (SSSR count). The largest absolute Gasteiger partial charge is 0.497 e. The molecule has 0 saturated heterocycles. The minimum atomic E-state index is -0.220. The molecule has 1 aromatic rings. The van der Waals surface area contributed by atoms with Crippen molar-refractivity contribution in [1.29, 1.82) is 0 Å². The minimum Gasteiger partial charge on any atom is -0.497 e. The first kappa shape index (κ1) is 15.0. The van der Waals surface area contributed by atoms with Gasteiger partial charge >= 0.3 is 0 Å². The quantitative estimate of drug-likeness (QED) is 0.703. The van der Waals surface area contributed by atoms with E-state index in [2.05, 4.69) is 22.1 Å². The molecule has 0 heterocycles. The fourth-order valence-electron chi connectivity index (χ4n) is 1.69. The summed E-state index contributed by atoms with van der Waals surface area (Å²) in [5, 5.41) is 4.91. The molecule has 0 aliphatic carbocycles. The van der Waals surface area contributed by atoms with Crippen molar-refractivity contribution in [3.8, 4) is 5.75 Å². The van der Waals surface area contributed by atoms with Crippen LogP contribution in [0.3, 0.4) is 0 Å². The summed E-state index contributed by atoms with van der Waals surface area (Å²) in [6.07, 6.45) is 1.26. The number of nitrogens with one attached hydrogen (secondary N) is 1. The van der Waals surface area contributed by atoms with E-state index in [1.165, 1.54) is 6.08 Å². The third-order valence-electron chi connectivity index (χ3n) is 2.81. The van der Waals surface area contributed by atoms with E-state index in [4.69, 9.17) is 4.74 Å². The van der Waals surface area contributed by atoms with Crippen molar-refractivity contribution in [2.45, 2.75) is 0 Å². The molecule has 0 spiro atoms. The lowest BCUT2D eigenvalue weighted by molar-refractivity contribution is -0.624. The molecule has 0 bridgehead atoms. The predicted octanol–water partition coefficient (Wildman–Crippen LogP) is 0.449. The van der Waals surface area contributed by atoms with Crippen LogP contribution in [-0.4, -0.2) is 40.2 Å². The molecule has 3 N–H and O–H groups in total. The number of quaternary nitrogens is 1. The first-order valence-corrected chi connectivity index (χ1v) is 6.22. The number of ether oxygens (including phenoxy) is 1. The van der Waals surface area contributed by atoms with Gasteiger partial charge in [-0.1, -0.05) is 6.58 Å². The Morgan fingerprint density at radius 1 is 1.58 bits per heavy atom. The standard InChI is InChI=1S/C14H21N3O2/c1-5-14(18)16-12-7-6-11(19-4)10-13(12)17(3)9-8-15-2/h5-7,10,15H,1,8-9H2,2-4H3,(H,16,18)/p+1. The van der Waals surface area contributed by atoms with Crippen molar-refractivity contribution < 1.29 is 14.8 Å². The van der Waals surface area contributed by atoms with Crippen LogP contribution in [0, 0.1) is 0 Å². The summed E-state index contributed by atoms with van der Waals surface area (Å²) in [5.74, 6) is 0.542. The van der Waals surface area contributed by atoms with Gasteiger partial charge in [-0.3, -0.25) is 4.79 Å². The highest BCUT2D eigenvalue weighted by atomic mass is 16.5. The van der Waals surface area contributed by atoms with Gasteiger partial charge in [-0.2, -0.15) is 0 Å². The van der Waals surface area contributed by atoms with Crippen molar-refractivity contribution in [3.05, 3.63) is 30.9 Å². The van der Waals surface area contributed by atoms with Gasteiger partial charge < -0.3 is 20.3 Å². The number of hydrogen-bond acceptors (Lipinski definition) is 3. The molecule has 1 amide bonds. The number of rotatable bonds is 7. The molecule has 0 aromatic heterocycles. The number of anilines is 2. The summed E-state index contributed by atoms with van der Waals surface area (Å²) in [5.41, 5.74) is 1.68. The lowest BCUT2D eigenvalue weighted by Crippen LogP contribution is -2.81. The molecule has 0 aliphatic rings. The Morgan fingerprint density at radius 2 is 2.32 bits per heavy atom. The predicted molar refractivity (Wildman–Crippen MR) is 77.8 cm³/mol. The van der Waals surface area contributed by atoms with Gasteiger partial charge in [0, 0.05) is 13.1 Å². The molecule has 0 atom stereocenters. The summed E-state index contributed by atoms with van der Waals surface area (Å²) in [6.45, 7) is 5.31. The highest BCUT2D eigenvalue weighted by Crippen LogP contribution is 2.29. The van der Waals surface area contributed by atoms with Crippen LogP contribution in [0.5, 0.6) is 5.75 Å².